The van der Waals surface area contributed by atoms with Gasteiger partial charge in [-0.1, -0.05) is 115 Å². The van der Waals surface area contributed by atoms with Gasteiger partial charge in [-0.2, -0.15) is 18.4 Å². The second-order valence-electron chi connectivity index (χ2n) is 15.4. The highest BCUT2D eigenvalue weighted by molar-refractivity contribution is 6.13. The van der Waals surface area contributed by atoms with Crippen LogP contribution in [0.1, 0.15) is 27.8 Å². The van der Waals surface area contributed by atoms with Gasteiger partial charge in [0.2, 0.25) is 0 Å². The predicted octanol–water partition coefficient (Wildman–Crippen LogP) is 14.7. The van der Waals surface area contributed by atoms with E-state index in [0.717, 1.165) is 77.0 Å². The molecule has 59 heavy (non-hydrogen) atoms. The van der Waals surface area contributed by atoms with E-state index in [1.807, 2.05) is 78.9 Å². The van der Waals surface area contributed by atoms with E-state index >= 15 is 0 Å². The summed E-state index contributed by atoms with van der Waals surface area (Å²) in [6.07, 6.45) is -4.59. The van der Waals surface area contributed by atoms with Crippen LogP contribution in [-0.4, -0.2) is 9.13 Å². The van der Waals surface area contributed by atoms with E-state index in [4.69, 9.17) is 0 Å². The summed E-state index contributed by atoms with van der Waals surface area (Å²) < 4.78 is 48.6. The van der Waals surface area contributed by atoms with Crippen LogP contribution in [0.15, 0.2) is 164 Å². The fourth-order valence-corrected chi connectivity index (χ4v) is 9.00. The Morgan fingerprint density at radius 3 is 1.39 bits per heavy atom. The van der Waals surface area contributed by atoms with Gasteiger partial charge < -0.3 is 9.13 Å². The number of rotatable bonds is 5. The highest BCUT2D eigenvalue weighted by atomic mass is 19.4. The average molecular weight is 772 g/mol. The number of hydrogen-bond donors (Lipinski definition) is 0. The van der Waals surface area contributed by atoms with Crippen LogP contribution in [0, 0.1) is 32.1 Å². The molecule has 0 radical (unpaired) electrons. The molecule has 0 aliphatic rings. The molecule has 0 saturated heterocycles. The van der Waals surface area contributed by atoms with Crippen molar-refractivity contribution in [1.29, 1.82) is 5.26 Å². The topological polar surface area (TPSA) is 33.6 Å². The van der Waals surface area contributed by atoms with Crippen molar-refractivity contribution in [3.63, 3.8) is 0 Å². The van der Waals surface area contributed by atoms with Crippen LogP contribution in [0.4, 0.5) is 13.2 Å². The zero-order valence-corrected chi connectivity index (χ0v) is 32.6. The van der Waals surface area contributed by atoms with Crippen LogP contribution in [-0.2, 0) is 6.18 Å². The summed E-state index contributed by atoms with van der Waals surface area (Å²) in [6, 6.07) is 55.8. The molecule has 3 nitrogen and oxygen atoms in total. The monoisotopic (exact) mass is 771 g/mol. The summed E-state index contributed by atoms with van der Waals surface area (Å²) in [7, 11) is 0. The normalized spacial score (nSPS) is 11.9. The lowest BCUT2D eigenvalue weighted by Gasteiger charge is -2.22. The fraction of sp³-hybridized carbons (Fsp3) is 0.0755. The first-order valence-corrected chi connectivity index (χ1v) is 19.6. The van der Waals surface area contributed by atoms with Gasteiger partial charge in [0.1, 0.15) is 0 Å². The number of aryl methyl sites for hydroxylation is 3. The lowest BCUT2D eigenvalue weighted by molar-refractivity contribution is -0.137. The quantitative estimate of drug-likeness (QED) is 0.172. The van der Waals surface area contributed by atoms with Crippen molar-refractivity contribution in [2.24, 2.45) is 0 Å². The van der Waals surface area contributed by atoms with Crippen molar-refractivity contribution in [2.75, 3.05) is 0 Å². The third kappa shape index (κ3) is 5.89. The molecule has 6 heteroatoms. The van der Waals surface area contributed by atoms with E-state index in [1.165, 1.54) is 12.1 Å². The Morgan fingerprint density at radius 2 is 0.915 bits per heavy atom. The van der Waals surface area contributed by atoms with Crippen LogP contribution in [0.3, 0.4) is 0 Å². The number of halogens is 3. The van der Waals surface area contributed by atoms with Gasteiger partial charge in [0.15, 0.2) is 0 Å². The minimum atomic E-state index is -4.59. The van der Waals surface area contributed by atoms with Gasteiger partial charge in [0.05, 0.1) is 50.6 Å². The lowest BCUT2D eigenvalue weighted by Crippen LogP contribution is -2.08. The Balaban J connectivity index is 1.39. The Labute approximate surface area is 339 Å². The number of alkyl halides is 3. The highest BCUT2D eigenvalue weighted by Crippen LogP contribution is 2.45. The highest BCUT2D eigenvalue weighted by Gasteiger charge is 2.32. The summed E-state index contributed by atoms with van der Waals surface area (Å²) in [5.41, 5.74) is 12.2. The minimum absolute atomic E-state index is 0.379. The maximum absolute atomic E-state index is 14.8. The minimum Gasteiger partial charge on any atom is -0.308 e. The van der Waals surface area contributed by atoms with Crippen LogP contribution in [0.5, 0.6) is 0 Å². The van der Waals surface area contributed by atoms with Gasteiger partial charge in [-0.25, -0.2) is 0 Å². The second-order valence-corrected chi connectivity index (χ2v) is 15.4. The summed E-state index contributed by atoms with van der Waals surface area (Å²) in [5.74, 6) is 0. The van der Waals surface area contributed by atoms with E-state index in [2.05, 4.69) is 102 Å². The molecule has 0 spiro atoms. The predicted molar refractivity (Wildman–Crippen MR) is 235 cm³/mol. The molecule has 0 saturated carbocycles. The molecule has 0 aliphatic heterocycles. The molecule has 2 aromatic heterocycles. The second kappa shape index (κ2) is 13.6. The van der Waals surface area contributed by atoms with Crippen molar-refractivity contribution in [1.82, 2.24) is 9.13 Å². The molecule has 284 valence electrons. The van der Waals surface area contributed by atoms with Gasteiger partial charge in [-0.3, -0.25) is 0 Å². The zero-order chi connectivity index (χ0) is 40.6. The van der Waals surface area contributed by atoms with Crippen LogP contribution >= 0.6 is 0 Å². The Bertz CT molecular complexity index is 3190. The molecular formula is C53H36F3N3. The van der Waals surface area contributed by atoms with E-state index in [1.54, 1.807) is 6.92 Å². The Morgan fingerprint density at radius 1 is 0.458 bits per heavy atom. The van der Waals surface area contributed by atoms with Crippen molar-refractivity contribution < 1.29 is 13.2 Å². The van der Waals surface area contributed by atoms with Gasteiger partial charge in [-0.15, -0.1) is 0 Å². The van der Waals surface area contributed by atoms with Gasteiger partial charge in [0, 0.05) is 27.1 Å². The zero-order valence-electron chi connectivity index (χ0n) is 32.6. The molecular weight excluding hydrogens is 736 g/mol. The summed E-state index contributed by atoms with van der Waals surface area (Å²) in [5, 5.41) is 14.8. The van der Waals surface area contributed by atoms with Gasteiger partial charge >= 0.3 is 6.18 Å². The molecule has 0 unspecified atom stereocenters. The fourth-order valence-electron chi connectivity index (χ4n) is 9.00. The molecule has 0 fully saturated rings. The number of fused-ring (bicyclic) bond motifs is 6. The molecule has 2 heterocycles. The van der Waals surface area contributed by atoms with Crippen molar-refractivity contribution >= 4 is 43.6 Å². The molecule has 0 amide bonds. The Kier molecular flexibility index (Phi) is 8.33. The van der Waals surface area contributed by atoms with Crippen LogP contribution in [0.2, 0.25) is 0 Å². The van der Waals surface area contributed by atoms with E-state index in [0.29, 0.717) is 33.6 Å². The molecule has 0 aliphatic carbocycles. The Hall–Kier alpha value is -7.36. The third-order valence-electron chi connectivity index (χ3n) is 11.7. The lowest BCUT2D eigenvalue weighted by atomic mass is 9.94. The third-order valence-corrected chi connectivity index (χ3v) is 11.7. The number of benzene rings is 8. The molecule has 0 bridgehead atoms. The van der Waals surface area contributed by atoms with Crippen molar-refractivity contribution in [2.45, 2.75) is 26.9 Å². The number of hydrogen-bond acceptors (Lipinski definition) is 1. The first-order chi connectivity index (χ1) is 28.6. The number of nitriles is 1. The average Bonchev–Trinajstić information content (AvgIpc) is 3.75. The van der Waals surface area contributed by atoms with Crippen molar-refractivity contribution in [3.05, 3.63) is 192 Å². The number of nitrogens with zero attached hydrogens (tertiary/aromatic N) is 3. The molecule has 0 N–H and O–H groups in total. The maximum atomic E-state index is 14.8. The number of aromatic nitrogens is 2. The van der Waals surface area contributed by atoms with Crippen LogP contribution < -0.4 is 0 Å². The SMILES string of the molecule is Cc1cc(-c2c(-n3c4ccccc4c4ccc(-c5ccccc5C)cc43)cc(C#N)cc2-n2c3ccccc3c3ccc(-c4ccccc4C)cc32)cc(C(F)(F)F)c1. The van der Waals surface area contributed by atoms with E-state index in [-0.39, 0.29) is 0 Å². The molecule has 10 rings (SSSR count). The molecule has 10 aromatic rings. The summed E-state index contributed by atoms with van der Waals surface area (Å²) in [6.45, 7) is 5.87. The summed E-state index contributed by atoms with van der Waals surface area (Å²) in [4.78, 5) is 0. The van der Waals surface area contributed by atoms with Crippen LogP contribution in [0.25, 0.3) is 88.4 Å². The summed E-state index contributed by atoms with van der Waals surface area (Å²) >= 11 is 0. The number of para-hydroxylation sites is 2. The van der Waals surface area contributed by atoms with Crippen molar-refractivity contribution in [3.8, 4) is 50.8 Å². The molecule has 0 atom stereocenters. The van der Waals surface area contributed by atoms with Gasteiger partial charge in [-0.05, 0) is 114 Å². The van der Waals surface area contributed by atoms with E-state index in [9.17, 15) is 18.4 Å². The smallest absolute Gasteiger partial charge is 0.308 e. The van der Waals surface area contributed by atoms with E-state index < -0.39 is 11.7 Å². The first kappa shape index (κ1) is 36.0. The van der Waals surface area contributed by atoms with Gasteiger partial charge in [0.25, 0.3) is 0 Å². The standard InChI is InChI=1S/C53H36F3N3/c1-32-24-38(28-39(25-32)53(54,55)56)52-50(58-46-18-10-8-16-42(46)44-22-20-36(29-48(44)58)40-14-6-4-12-33(40)2)26-35(31-57)27-51(52)59-47-19-11-9-17-43(47)45-23-21-37(30-49(45)59)41-15-7-5-13-34(41)3/h4-30H,1-3H3. The largest absolute Gasteiger partial charge is 0.416 e. The molecule has 8 aromatic carbocycles. The maximum Gasteiger partial charge on any atom is 0.416 e. The first-order valence-electron chi connectivity index (χ1n) is 19.6.